The SMILES string of the molecule is Cc1ccc2c(C(=O)c3cscc3C)c[nH]c2c1. The number of aromatic nitrogens is 1. The number of thiophene rings is 1. The Bertz CT molecular complexity index is 736. The third-order valence-corrected chi connectivity index (χ3v) is 4.04. The second-order valence-electron chi connectivity index (χ2n) is 4.55. The van der Waals surface area contributed by atoms with Crippen LogP contribution >= 0.6 is 11.3 Å². The number of ketones is 1. The van der Waals surface area contributed by atoms with E-state index in [4.69, 9.17) is 0 Å². The topological polar surface area (TPSA) is 32.9 Å². The Morgan fingerprint density at radius 2 is 2.00 bits per heavy atom. The number of aryl methyl sites for hydroxylation is 2. The molecule has 0 aliphatic heterocycles. The number of hydrogen-bond acceptors (Lipinski definition) is 2. The van der Waals surface area contributed by atoms with E-state index >= 15 is 0 Å². The van der Waals surface area contributed by atoms with Crippen molar-refractivity contribution in [2.75, 3.05) is 0 Å². The van der Waals surface area contributed by atoms with E-state index in [0.29, 0.717) is 0 Å². The maximum absolute atomic E-state index is 12.5. The van der Waals surface area contributed by atoms with Crippen molar-refractivity contribution in [3.63, 3.8) is 0 Å². The van der Waals surface area contributed by atoms with Gasteiger partial charge in [0.25, 0.3) is 0 Å². The number of H-pyrrole nitrogens is 1. The molecular formula is C15H13NOS. The molecule has 3 aromatic rings. The lowest BCUT2D eigenvalue weighted by molar-refractivity contribution is 0.104. The first-order valence-corrected chi connectivity index (χ1v) is 6.76. The molecule has 2 nitrogen and oxygen atoms in total. The van der Waals surface area contributed by atoms with Crippen molar-refractivity contribution in [2.24, 2.45) is 0 Å². The Balaban J connectivity index is 2.16. The second kappa shape index (κ2) is 4.10. The smallest absolute Gasteiger partial charge is 0.196 e. The number of rotatable bonds is 2. The summed E-state index contributed by atoms with van der Waals surface area (Å²) in [5.41, 5.74) is 4.82. The Morgan fingerprint density at radius 1 is 1.17 bits per heavy atom. The lowest BCUT2D eigenvalue weighted by atomic mass is 10.0. The molecule has 2 aromatic heterocycles. The number of nitrogens with one attached hydrogen (secondary N) is 1. The highest BCUT2D eigenvalue weighted by atomic mass is 32.1. The summed E-state index contributed by atoms with van der Waals surface area (Å²) in [7, 11) is 0. The largest absolute Gasteiger partial charge is 0.360 e. The minimum atomic E-state index is 0.101. The first-order chi connectivity index (χ1) is 8.66. The summed E-state index contributed by atoms with van der Waals surface area (Å²) in [5, 5.41) is 4.92. The lowest BCUT2D eigenvalue weighted by Crippen LogP contribution is -2.00. The van der Waals surface area contributed by atoms with Crippen LogP contribution in [0.4, 0.5) is 0 Å². The van der Waals surface area contributed by atoms with Crippen molar-refractivity contribution in [3.05, 3.63) is 57.4 Å². The highest BCUT2D eigenvalue weighted by Gasteiger charge is 2.16. The van der Waals surface area contributed by atoms with Crippen LogP contribution in [-0.2, 0) is 0 Å². The monoisotopic (exact) mass is 255 g/mol. The van der Waals surface area contributed by atoms with Gasteiger partial charge in [-0.25, -0.2) is 0 Å². The molecule has 90 valence electrons. The summed E-state index contributed by atoms with van der Waals surface area (Å²) >= 11 is 1.57. The number of aromatic amines is 1. The molecule has 0 radical (unpaired) electrons. The fourth-order valence-electron chi connectivity index (χ4n) is 2.17. The van der Waals surface area contributed by atoms with Crippen LogP contribution in [0.3, 0.4) is 0 Å². The molecule has 0 saturated heterocycles. The average molecular weight is 255 g/mol. The standard InChI is InChI=1S/C15H13NOS/c1-9-3-4-11-12(6-16-14(11)5-9)15(17)13-8-18-7-10(13)2/h3-8,16H,1-2H3. The summed E-state index contributed by atoms with van der Waals surface area (Å²) in [6, 6.07) is 6.11. The zero-order chi connectivity index (χ0) is 12.7. The molecule has 18 heavy (non-hydrogen) atoms. The molecular weight excluding hydrogens is 242 g/mol. The van der Waals surface area contributed by atoms with Crippen LogP contribution in [0, 0.1) is 13.8 Å². The van der Waals surface area contributed by atoms with Gasteiger partial charge in [0.2, 0.25) is 0 Å². The van der Waals surface area contributed by atoms with Crippen LogP contribution in [-0.4, -0.2) is 10.8 Å². The number of carbonyl (C=O) groups is 1. The first-order valence-electron chi connectivity index (χ1n) is 5.82. The molecule has 0 fully saturated rings. The molecule has 0 unspecified atom stereocenters. The highest BCUT2D eigenvalue weighted by molar-refractivity contribution is 7.08. The van der Waals surface area contributed by atoms with E-state index < -0.39 is 0 Å². The molecule has 0 spiro atoms. The van der Waals surface area contributed by atoms with E-state index in [1.54, 1.807) is 11.3 Å². The Morgan fingerprint density at radius 3 is 2.72 bits per heavy atom. The molecule has 1 aromatic carbocycles. The van der Waals surface area contributed by atoms with Gasteiger partial charge in [-0.05, 0) is 36.4 Å². The highest BCUT2D eigenvalue weighted by Crippen LogP contribution is 2.24. The fraction of sp³-hybridized carbons (Fsp3) is 0.133. The van der Waals surface area contributed by atoms with E-state index in [9.17, 15) is 4.79 Å². The van der Waals surface area contributed by atoms with Crippen LogP contribution in [0.15, 0.2) is 35.2 Å². The maximum Gasteiger partial charge on any atom is 0.196 e. The molecule has 3 heteroatoms. The minimum Gasteiger partial charge on any atom is -0.360 e. The average Bonchev–Trinajstić information content (AvgIpc) is 2.94. The summed E-state index contributed by atoms with van der Waals surface area (Å²) in [6.45, 7) is 4.02. The van der Waals surface area contributed by atoms with Crippen molar-refractivity contribution in [1.82, 2.24) is 4.98 Å². The Labute approximate surface area is 109 Å². The van der Waals surface area contributed by atoms with Gasteiger partial charge < -0.3 is 4.98 Å². The van der Waals surface area contributed by atoms with Gasteiger partial charge in [0.1, 0.15) is 0 Å². The van der Waals surface area contributed by atoms with Gasteiger partial charge >= 0.3 is 0 Å². The van der Waals surface area contributed by atoms with E-state index in [2.05, 4.69) is 11.1 Å². The fourth-order valence-corrected chi connectivity index (χ4v) is 2.99. The molecule has 0 aliphatic carbocycles. The summed E-state index contributed by atoms with van der Waals surface area (Å²) in [4.78, 5) is 15.6. The van der Waals surface area contributed by atoms with E-state index in [0.717, 1.165) is 27.6 Å². The molecule has 0 bridgehead atoms. The third-order valence-electron chi connectivity index (χ3n) is 3.18. The normalized spacial score (nSPS) is 11.0. The van der Waals surface area contributed by atoms with Gasteiger partial charge in [-0.1, -0.05) is 12.1 Å². The molecule has 0 amide bonds. The van der Waals surface area contributed by atoms with Crippen molar-refractivity contribution >= 4 is 28.0 Å². The van der Waals surface area contributed by atoms with Crippen molar-refractivity contribution in [1.29, 1.82) is 0 Å². The summed E-state index contributed by atoms with van der Waals surface area (Å²) in [6.07, 6.45) is 1.81. The second-order valence-corrected chi connectivity index (χ2v) is 5.29. The van der Waals surface area contributed by atoms with Crippen molar-refractivity contribution < 1.29 is 4.79 Å². The molecule has 0 aliphatic rings. The van der Waals surface area contributed by atoms with Crippen LogP contribution in [0.1, 0.15) is 27.0 Å². The van der Waals surface area contributed by atoms with Gasteiger partial charge in [-0.15, -0.1) is 0 Å². The Hall–Kier alpha value is -1.87. The van der Waals surface area contributed by atoms with Gasteiger partial charge in [0.05, 0.1) is 0 Å². The van der Waals surface area contributed by atoms with Crippen LogP contribution in [0.5, 0.6) is 0 Å². The summed E-state index contributed by atoms with van der Waals surface area (Å²) in [5.74, 6) is 0.101. The maximum atomic E-state index is 12.5. The quantitative estimate of drug-likeness (QED) is 0.688. The van der Waals surface area contributed by atoms with Gasteiger partial charge in [0, 0.05) is 33.6 Å². The molecule has 0 saturated carbocycles. The van der Waals surface area contributed by atoms with Gasteiger partial charge in [0.15, 0.2) is 5.78 Å². The van der Waals surface area contributed by atoms with Crippen LogP contribution in [0.2, 0.25) is 0 Å². The number of benzene rings is 1. The zero-order valence-electron chi connectivity index (χ0n) is 10.3. The van der Waals surface area contributed by atoms with Gasteiger partial charge in [-0.2, -0.15) is 11.3 Å². The Kier molecular flexibility index (Phi) is 2.56. The van der Waals surface area contributed by atoms with Crippen LogP contribution in [0.25, 0.3) is 10.9 Å². The third kappa shape index (κ3) is 1.68. The predicted molar refractivity (Wildman–Crippen MR) is 75.5 cm³/mol. The molecule has 0 atom stereocenters. The van der Waals surface area contributed by atoms with E-state index in [1.807, 2.05) is 42.9 Å². The number of hydrogen-bond donors (Lipinski definition) is 1. The van der Waals surface area contributed by atoms with Gasteiger partial charge in [-0.3, -0.25) is 4.79 Å². The molecule has 1 N–H and O–H groups in total. The van der Waals surface area contributed by atoms with Crippen LogP contribution < -0.4 is 0 Å². The van der Waals surface area contributed by atoms with E-state index in [-0.39, 0.29) is 5.78 Å². The number of fused-ring (bicyclic) bond motifs is 1. The first kappa shape index (κ1) is 11.2. The lowest BCUT2D eigenvalue weighted by Gasteiger charge is -1.99. The predicted octanol–water partition coefficient (Wildman–Crippen LogP) is 4.08. The van der Waals surface area contributed by atoms with Crippen molar-refractivity contribution in [3.8, 4) is 0 Å². The number of carbonyl (C=O) groups excluding carboxylic acids is 1. The summed E-state index contributed by atoms with van der Waals surface area (Å²) < 4.78 is 0. The molecule has 2 heterocycles. The molecule has 3 rings (SSSR count). The minimum absolute atomic E-state index is 0.101. The van der Waals surface area contributed by atoms with Crippen molar-refractivity contribution in [2.45, 2.75) is 13.8 Å². The van der Waals surface area contributed by atoms with E-state index in [1.165, 1.54) is 5.56 Å². The zero-order valence-corrected chi connectivity index (χ0v) is 11.1.